The van der Waals surface area contributed by atoms with E-state index in [9.17, 15) is 4.79 Å². The molecule has 0 atom stereocenters. The third-order valence-electron chi connectivity index (χ3n) is 3.25. The molecule has 0 saturated heterocycles. The SMILES string of the molecule is Cc1cnc(N)c(C(=O)C2(N)CCCC2)c1. The summed E-state index contributed by atoms with van der Waals surface area (Å²) in [4.78, 5) is 16.3. The molecule has 0 radical (unpaired) electrons. The van der Waals surface area contributed by atoms with Crippen LogP contribution in [0.1, 0.15) is 41.6 Å². The fraction of sp³-hybridized carbons (Fsp3) is 0.500. The number of carbonyl (C=O) groups excluding carboxylic acids is 1. The van der Waals surface area contributed by atoms with E-state index in [0.29, 0.717) is 5.56 Å². The molecule has 4 nitrogen and oxygen atoms in total. The van der Waals surface area contributed by atoms with Gasteiger partial charge >= 0.3 is 0 Å². The molecular weight excluding hydrogens is 202 g/mol. The number of rotatable bonds is 2. The Bertz CT molecular complexity index is 422. The quantitative estimate of drug-likeness (QED) is 0.737. The lowest BCUT2D eigenvalue weighted by Gasteiger charge is -2.22. The number of pyridine rings is 1. The van der Waals surface area contributed by atoms with Crippen LogP contribution >= 0.6 is 0 Å². The molecule has 1 aromatic rings. The molecule has 0 bridgehead atoms. The maximum Gasteiger partial charge on any atom is 0.186 e. The van der Waals surface area contributed by atoms with Gasteiger partial charge in [-0.05, 0) is 31.4 Å². The number of ketones is 1. The molecule has 0 unspecified atom stereocenters. The van der Waals surface area contributed by atoms with Gasteiger partial charge in [-0.1, -0.05) is 12.8 Å². The van der Waals surface area contributed by atoms with Gasteiger partial charge in [-0.25, -0.2) is 4.98 Å². The van der Waals surface area contributed by atoms with Crippen molar-refractivity contribution in [3.05, 3.63) is 23.4 Å². The Morgan fingerprint density at radius 1 is 1.44 bits per heavy atom. The Kier molecular flexibility index (Phi) is 2.68. The molecule has 0 aromatic carbocycles. The molecule has 86 valence electrons. The minimum Gasteiger partial charge on any atom is -0.383 e. The van der Waals surface area contributed by atoms with E-state index in [1.165, 1.54) is 0 Å². The van der Waals surface area contributed by atoms with E-state index in [1.54, 1.807) is 12.3 Å². The van der Waals surface area contributed by atoms with Crippen LogP contribution in [-0.4, -0.2) is 16.3 Å². The van der Waals surface area contributed by atoms with Crippen LogP contribution in [-0.2, 0) is 0 Å². The van der Waals surface area contributed by atoms with E-state index in [-0.39, 0.29) is 11.6 Å². The van der Waals surface area contributed by atoms with Crippen molar-refractivity contribution in [1.29, 1.82) is 0 Å². The maximum atomic E-state index is 12.3. The Morgan fingerprint density at radius 3 is 2.69 bits per heavy atom. The summed E-state index contributed by atoms with van der Waals surface area (Å²) in [5.41, 5.74) is 12.5. The summed E-state index contributed by atoms with van der Waals surface area (Å²) < 4.78 is 0. The van der Waals surface area contributed by atoms with Crippen LogP contribution in [0.25, 0.3) is 0 Å². The van der Waals surface area contributed by atoms with Gasteiger partial charge in [-0.15, -0.1) is 0 Å². The predicted molar refractivity (Wildman–Crippen MR) is 63.1 cm³/mol. The van der Waals surface area contributed by atoms with E-state index < -0.39 is 5.54 Å². The topological polar surface area (TPSA) is 82.0 Å². The zero-order chi connectivity index (χ0) is 11.8. The van der Waals surface area contributed by atoms with Crippen LogP contribution in [0.15, 0.2) is 12.3 Å². The lowest BCUT2D eigenvalue weighted by atomic mass is 9.88. The van der Waals surface area contributed by atoms with Crippen molar-refractivity contribution in [3.8, 4) is 0 Å². The second-order valence-electron chi connectivity index (χ2n) is 4.64. The van der Waals surface area contributed by atoms with Crippen LogP contribution in [0.5, 0.6) is 0 Å². The summed E-state index contributed by atoms with van der Waals surface area (Å²) in [5.74, 6) is 0.228. The number of Topliss-reactive ketones (excluding diaryl/α,β-unsaturated/α-hetero) is 1. The number of hydrogen-bond acceptors (Lipinski definition) is 4. The summed E-state index contributed by atoms with van der Waals surface area (Å²) in [5, 5.41) is 0. The number of hydrogen-bond donors (Lipinski definition) is 2. The Balaban J connectivity index is 2.36. The second kappa shape index (κ2) is 3.87. The van der Waals surface area contributed by atoms with Gasteiger partial charge in [0.25, 0.3) is 0 Å². The first-order chi connectivity index (χ1) is 7.53. The van der Waals surface area contributed by atoms with Crippen LogP contribution in [0.2, 0.25) is 0 Å². The van der Waals surface area contributed by atoms with Crippen LogP contribution in [0, 0.1) is 6.92 Å². The number of anilines is 1. The predicted octanol–water partition coefficient (Wildman–Crippen LogP) is 1.43. The van der Waals surface area contributed by atoms with Gasteiger partial charge in [0.1, 0.15) is 5.82 Å². The Hall–Kier alpha value is -1.42. The van der Waals surface area contributed by atoms with Gasteiger partial charge in [0.05, 0.1) is 11.1 Å². The van der Waals surface area contributed by atoms with Gasteiger partial charge in [0, 0.05) is 6.20 Å². The van der Waals surface area contributed by atoms with Crippen LogP contribution < -0.4 is 11.5 Å². The molecule has 2 rings (SSSR count). The summed E-state index contributed by atoms with van der Waals surface area (Å²) in [6, 6.07) is 1.78. The van der Waals surface area contributed by atoms with Crippen molar-refractivity contribution in [1.82, 2.24) is 4.98 Å². The highest BCUT2D eigenvalue weighted by molar-refractivity contribution is 6.06. The summed E-state index contributed by atoms with van der Waals surface area (Å²) in [6.45, 7) is 1.89. The number of nitrogens with zero attached hydrogens (tertiary/aromatic N) is 1. The number of aryl methyl sites for hydroxylation is 1. The first kappa shape index (κ1) is 11.1. The van der Waals surface area contributed by atoms with Crippen LogP contribution in [0.3, 0.4) is 0 Å². The molecular formula is C12H17N3O. The van der Waals surface area contributed by atoms with Gasteiger partial charge in [0.2, 0.25) is 0 Å². The molecule has 4 heteroatoms. The molecule has 1 fully saturated rings. The highest BCUT2D eigenvalue weighted by Crippen LogP contribution is 2.31. The lowest BCUT2D eigenvalue weighted by Crippen LogP contribution is -2.45. The Labute approximate surface area is 95.0 Å². The number of nitrogen functional groups attached to an aromatic ring is 1. The zero-order valence-electron chi connectivity index (χ0n) is 9.49. The van der Waals surface area contributed by atoms with Gasteiger partial charge in [-0.2, -0.15) is 0 Å². The smallest absolute Gasteiger partial charge is 0.186 e. The van der Waals surface area contributed by atoms with Crippen molar-refractivity contribution in [2.75, 3.05) is 5.73 Å². The third kappa shape index (κ3) is 1.80. The van der Waals surface area contributed by atoms with Crippen molar-refractivity contribution < 1.29 is 4.79 Å². The van der Waals surface area contributed by atoms with Crippen molar-refractivity contribution in [2.24, 2.45) is 5.73 Å². The minimum absolute atomic E-state index is 0.0568. The van der Waals surface area contributed by atoms with E-state index in [4.69, 9.17) is 11.5 Å². The number of nitrogens with two attached hydrogens (primary N) is 2. The first-order valence-electron chi connectivity index (χ1n) is 5.59. The summed E-state index contributed by atoms with van der Waals surface area (Å²) in [6.07, 6.45) is 5.19. The minimum atomic E-state index is -0.719. The molecule has 1 aromatic heterocycles. The fourth-order valence-electron chi connectivity index (χ4n) is 2.26. The first-order valence-corrected chi connectivity index (χ1v) is 5.59. The van der Waals surface area contributed by atoms with E-state index >= 15 is 0 Å². The van der Waals surface area contributed by atoms with Crippen molar-refractivity contribution >= 4 is 11.6 Å². The molecule has 16 heavy (non-hydrogen) atoms. The maximum absolute atomic E-state index is 12.3. The lowest BCUT2D eigenvalue weighted by molar-refractivity contribution is 0.0892. The molecule has 1 aliphatic rings. The normalized spacial score (nSPS) is 18.6. The molecule has 4 N–H and O–H groups in total. The largest absolute Gasteiger partial charge is 0.383 e. The van der Waals surface area contributed by atoms with Crippen LogP contribution in [0.4, 0.5) is 5.82 Å². The second-order valence-corrected chi connectivity index (χ2v) is 4.64. The highest BCUT2D eigenvalue weighted by atomic mass is 16.1. The van der Waals surface area contributed by atoms with Gasteiger partial charge < -0.3 is 11.5 Å². The number of aromatic nitrogens is 1. The highest BCUT2D eigenvalue weighted by Gasteiger charge is 2.38. The summed E-state index contributed by atoms with van der Waals surface area (Å²) in [7, 11) is 0. The molecule has 1 saturated carbocycles. The molecule has 0 spiro atoms. The fourth-order valence-corrected chi connectivity index (χ4v) is 2.26. The average Bonchev–Trinajstić information content (AvgIpc) is 2.69. The van der Waals surface area contributed by atoms with Crippen molar-refractivity contribution in [2.45, 2.75) is 38.1 Å². The molecule has 0 amide bonds. The van der Waals surface area contributed by atoms with E-state index in [0.717, 1.165) is 31.2 Å². The number of carbonyl (C=O) groups is 1. The molecule has 1 heterocycles. The van der Waals surface area contributed by atoms with Gasteiger partial charge in [0.15, 0.2) is 5.78 Å². The summed E-state index contributed by atoms with van der Waals surface area (Å²) >= 11 is 0. The standard InChI is InChI=1S/C12H17N3O/c1-8-6-9(11(13)15-7-8)10(16)12(14)4-2-3-5-12/h6-7H,2-5,14H2,1H3,(H2,13,15). The third-order valence-corrected chi connectivity index (χ3v) is 3.25. The molecule has 1 aliphatic carbocycles. The zero-order valence-corrected chi connectivity index (χ0v) is 9.49. The van der Waals surface area contributed by atoms with E-state index in [2.05, 4.69) is 4.98 Å². The van der Waals surface area contributed by atoms with Gasteiger partial charge in [-0.3, -0.25) is 4.79 Å². The van der Waals surface area contributed by atoms with E-state index in [1.807, 2.05) is 6.92 Å². The average molecular weight is 219 g/mol. The monoisotopic (exact) mass is 219 g/mol. The van der Waals surface area contributed by atoms with Crippen molar-refractivity contribution in [3.63, 3.8) is 0 Å². The molecule has 0 aliphatic heterocycles. The Morgan fingerprint density at radius 2 is 2.06 bits per heavy atom.